The van der Waals surface area contributed by atoms with E-state index >= 15 is 0 Å². The van der Waals surface area contributed by atoms with Crippen LogP contribution < -0.4 is 5.32 Å². The average molecular weight is 347 g/mol. The van der Waals surface area contributed by atoms with Gasteiger partial charge < -0.3 is 10.1 Å². The lowest BCUT2D eigenvalue weighted by atomic mass is 10.1. The summed E-state index contributed by atoms with van der Waals surface area (Å²) in [5.74, 6) is -0.245. The molecule has 1 aromatic heterocycles. The van der Waals surface area contributed by atoms with Crippen LogP contribution in [-0.2, 0) is 9.53 Å². The SMILES string of the molecule is CC(=O)c1cc(C#N)c(SC(C)C(=O)NCC2CCCO2)nc1C. The predicted molar refractivity (Wildman–Crippen MR) is 91.0 cm³/mol. The molecule has 0 aromatic carbocycles. The molecule has 0 saturated carbocycles. The molecule has 0 spiro atoms. The van der Waals surface area contributed by atoms with Crippen molar-refractivity contribution in [3.63, 3.8) is 0 Å². The molecule has 1 aliphatic rings. The third-order valence-corrected chi connectivity index (χ3v) is 4.97. The molecule has 0 radical (unpaired) electrons. The number of nitriles is 1. The molecule has 1 N–H and O–H groups in total. The Kier molecular flexibility index (Phi) is 6.35. The number of Topliss-reactive ketones (excluding diaryl/α,β-unsaturated/α-hetero) is 1. The van der Waals surface area contributed by atoms with Crippen LogP contribution in [0.2, 0.25) is 0 Å². The summed E-state index contributed by atoms with van der Waals surface area (Å²) >= 11 is 1.22. The number of rotatable bonds is 6. The predicted octanol–water partition coefficient (Wildman–Crippen LogP) is 2.24. The number of hydrogen-bond donors (Lipinski definition) is 1. The van der Waals surface area contributed by atoms with Gasteiger partial charge in [-0.1, -0.05) is 11.8 Å². The van der Waals surface area contributed by atoms with Gasteiger partial charge in [0.15, 0.2) is 5.78 Å². The van der Waals surface area contributed by atoms with Crippen LogP contribution in [0.3, 0.4) is 0 Å². The lowest BCUT2D eigenvalue weighted by molar-refractivity contribution is -0.120. The number of carbonyl (C=O) groups is 2. The highest BCUT2D eigenvalue weighted by molar-refractivity contribution is 8.00. The topological polar surface area (TPSA) is 92.1 Å². The smallest absolute Gasteiger partial charge is 0.233 e. The molecular formula is C17H21N3O3S. The van der Waals surface area contributed by atoms with Gasteiger partial charge in [-0.2, -0.15) is 5.26 Å². The number of hydrogen-bond acceptors (Lipinski definition) is 6. The average Bonchev–Trinajstić information content (AvgIpc) is 3.05. The summed E-state index contributed by atoms with van der Waals surface area (Å²) in [6, 6.07) is 3.60. The number of aromatic nitrogens is 1. The molecule has 0 bridgehead atoms. The molecule has 1 aromatic rings. The first kappa shape index (κ1) is 18.4. The van der Waals surface area contributed by atoms with E-state index in [9.17, 15) is 14.9 Å². The number of nitrogens with one attached hydrogen (secondary N) is 1. The Bertz CT molecular complexity index is 678. The molecule has 0 aliphatic carbocycles. The van der Waals surface area contributed by atoms with Crippen LogP contribution in [0, 0.1) is 18.3 Å². The zero-order chi connectivity index (χ0) is 17.7. The third-order valence-electron chi connectivity index (χ3n) is 3.86. The van der Waals surface area contributed by atoms with Crippen LogP contribution in [0.25, 0.3) is 0 Å². The van der Waals surface area contributed by atoms with Crippen LogP contribution >= 0.6 is 11.8 Å². The van der Waals surface area contributed by atoms with E-state index in [4.69, 9.17) is 4.74 Å². The van der Waals surface area contributed by atoms with E-state index in [2.05, 4.69) is 16.4 Å². The van der Waals surface area contributed by atoms with E-state index in [1.54, 1.807) is 19.9 Å². The molecule has 2 heterocycles. The lowest BCUT2D eigenvalue weighted by Crippen LogP contribution is -2.36. The molecule has 24 heavy (non-hydrogen) atoms. The van der Waals surface area contributed by atoms with E-state index in [-0.39, 0.29) is 17.8 Å². The van der Waals surface area contributed by atoms with E-state index in [0.29, 0.717) is 28.4 Å². The Labute approximate surface area is 146 Å². The first-order valence-corrected chi connectivity index (χ1v) is 8.79. The van der Waals surface area contributed by atoms with Crippen molar-refractivity contribution in [3.05, 3.63) is 22.9 Å². The largest absolute Gasteiger partial charge is 0.376 e. The van der Waals surface area contributed by atoms with Crippen LogP contribution in [0.1, 0.15) is 48.3 Å². The lowest BCUT2D eigenvalue weighted by Gasteiger charge is -2.15. The number of nitrogens with zero attached hydrogens (tertiary/aromatic N) is 2. The van der Waals surface area contributed by atoms with Gasteiger partial charge in [-0.25, -0.2) is 4.98 Å². The number of amides is 1. The van der Waals surface area contributed by atoms with Gasteiger partial charge in [0.25, 0.3) is 0 Å². The Morgan fingerprint density at radius 2 is 2.33 bits per heavy atom. The van der Waals surface area contributed by atoms with E-state index in [1.807, 2.05) is 0 Å². The Morgan fingerprint density at radius 1 is 1.58 bits per heavy atom. The fourth-order valence-electron chi connectivity index (χ4n) is 2.49. The summed E-state index contributed by atoms with van der Waals surface area (Å²) < 4.78 is 5.48. The number of ether oxygens (including phenoxy) is 1. The number of ketones is 1. The maximum absolute atomic E-state index is 12.2. The Hall–Kier alpha value is -1.91. The van der Waals surface area contributed by atoms with Gasteiger partial charge in [-0.3, -0.25) is 9.59 Å². The van der Waals surface area contributed by atoms with E-state index in [1.165, 1.54) is 18.7 Å². The fraction of sp³-hybridized carbons (Fsp3) is 0.529. The molecule has 1 aliphatic heterocycles. The summed E-state index contributed by atoms with van der Waals surface area (Å²) in [5, 5.41) is 12.2. The van der Waals surface area contributed by atoms with Crippen molar-refractivity contribution in [1.82, 2.24) is 10.3 Å². The molecule has 7 heteroatoms. The molecule has 2 unspecified atom stereocenters. The molecule has 1 amide bonds. The minimum atomic E-state index is -0.395. The monoisotopic (exact) mass is 347 g/mol. The first-order chi connectivity index (χ1) is 11.4. The van der Waals surface area contributed by atoms with Crippen molar-refractivity contribution < 1.29 is 14.3 Å². The maximum Gasteiger partial charge on any atom is 0.233 e. The van der Waals surface area contributed by atoms with Gasteiger partial charge in [0.05, 0.1) is 16.9 Å². The van der Waals surface area contributed by atoms with Crippen molar-refractivity contribution in [2.45, 2.75) is 50.0 Å². The van der Waals surface area contributed by atoms with Crippen LogP contribution in [0.4, 0.5) is 0 Å². The van der Waals surface area contributed by atoms with Crippen molar-refractivity contribution >= 4 is 23.5 Å². The van der Waals surface area contributed by atoms with Crippen molar-refractivity contribution in [1.29, 1.82) is 5.26 Å². The number of carbonyl (C=O) groups excluding carboxylic acids is 2. The van der Waals surface area contributed by atoms with Crippen LogP contribution in [0.5, 0.6) is 0 Å². The summed E-state index contributed by atoms with van der Waals surface area (Å²) in [6.45, 7) is 6.20. The molecule has 128 valence electrons. The highest BCUT2D eigenvalue weighted by atomic mass is 32.2. The van der Waals surface area contributed by atoms with Gasteiger partial charge in [0.1, 0.15) is 11.1 Å². The molecule has 2 atom stereocenters. The van der Waals surface area contributed by atoms with E-state index < -0.39 is 5.25 Å². The van der Waals surface area contributed by atoms with Crippen LogP contribution in [0.15, 0.2) is 11.1 Å². The summed E-state index contributed by atoms with van der Waals surface area (Å²) in [7, 11) is 0. The molecule has 2 rings (SSSR count). The second kappa shape index (κ2) is 8.27. The molecule has 6 nitrogen and oxygen atoms in total. The number of pyridine rings is 1. The van der Waals surface area contributed by atoms with Gasteiger partial charge in [0, 0.05) is 24.4 Å². The summed E-state index contributed by atoms with van der Waals surface area (Å²) in [6.07, 6.45) is 2.09. The number of thioether (sulfide) groups is 1. The van der Waals surface area contributed by atoms with Gasteiger partial charge in [0.2, 0.25) is 5.91 Å². The Morgan fingerprint density at radius 3 is 2.92 bits per heavy atom. The fourth-order valence-corrected chi connectivity index (χ4v) is 3.44. The van der Waals surface area contributed by atoms with Crippen molar-refractivity contribution in [2.24, 2.45) is 0 Å². The maximum atomic E-state index is 12.2. The quantitative estimate of drug-likeness (QED) is 0.627. The highest BCUT2D eigenvalue weighted by Crippen LogP contribution is 2.27. The highest BCUT2D eigenvalue weighted by Gasteiger charge is 2.21. The number of aryl methyl sites for hydroxylation is 1. The summed E-state index contributed by atoms with van der Waals surface area (Å²) in [5.41, 5.74) is 1.32. The second-order valence-electron chi connectivity index (χ2n) is 5.78. The standard InChI is InChI=1S/C17H21N3O3S/c1-10-15(11(2)21)7-13(8-18)17(20-10)24-12(3)16(22)19-9-14-5-4-6-23-14/h7,12,14H,4-6,9H2,1-3H3,(H,19,22). The van der Waals surface area contributed by atoms with Crippen molar-refractivity contribution in [2.75, 3.05) is 13.2 Å². The minimum Gasteiger partial charge on any atom is -0.376 e. The first-order valence-electron chi connectivity index (χ1n) is 7.91. The van der Waals surface area contributed by atoms with Gasteiger partial charge in [-0.05, 0) is 39.7 Å². The van der Waals surface area contributed by atoms with E-state index in [0.717, 1.165) is 19.4 Å². The molecule has 1 saturated heterocycles. The molecule has 1 fully saturated rings. The zero-order valence-electron chi connectivity index (χ0n) is 14.1. The zero-order valence-corrected chi connectivity index (χ0v) is 14.9. The van der Waals surface area contributed by atoms with Crippen molar-refractivity contribution in [3.8, 4) is 6.07 Å². The Balaban J connectivity index is 2.03. The summed E-state index contributed by atoms with van der Waals surface area (Å²) in [4.78, 5) is 28.1. The normalized spacial score (nSPS) is 18.0. The minimum absolute atomic E-state index is 0.0936. The second-order valence-corrected chi connectivity index (χ2v) is 7.11. The third kappa shape index (κ3) is 4.56. The van der Waals surface area contributed by atoms with Gasteiger partial charge in [-0.15, -0.1) is 0 Å². The van der Waals surface area contributed by atoms with Gasteiger partial charge >= 0.3 is 0 Å². The van der Waals surface area contributed by atoms with Crippen LogP contribution in [-0.4, -0.2) is 41.2 Å². The molecular weight excluding hydrogens is 326 g/mol.